The van der Waals surface area contributed by atoms with Crippen molar-refractivity contribution >= 4 is 16.9 Å². The van der Waals surface area contributed by atoms with Gasteiger partial charge in [-0.3, -0.25) is 4.79 Å². The zero-order chi connectivity index (χ0) is 21.3. The first-order chi connectivity index (χ1) is 14.5. The van der Waals surface area contributed by atoms with Crippen LogP contribution in [0.15, 0.2) is 42.5 Å². The first kappa shape index (κ1) is 20.5. The summed E-state index contributed by atoms with van der Waals surface area (Å²) in [6.07, 6.45) is 1.98. The number of imidazole rings is 1. The Morgan fingerprint density at radius 2 is 2.03 bits per heavy atom. The number of nitrogens with zero attached hydrogens (tertiary/aromatic N) is 3. The summed E-state index contributed by atoms with van der Waals surface area (Å²) in [6.45, 7) is 10.2. The number of carbonyl (C=O) groups excluding carboxylic acids is 1. The summed E-state index contributed by atoms with van der Waals surface area (Å²) in [5.41, 5.74) is 4.50. The van der Waals surface area contributed by atoms with Crippen molar-refractivity contribution in [1.82, 2.24) is 14.5 Å². The molecule has 4 rings (SSSR count). The molecule has 30 heavy (non-hydrogen) atoms. The molecule has 0 bridgehead atoms. The molecular weight excluding hydrogens is 374 g/mol. The Morgan fingerprint density at radius 1 is 1.23 bits per heavy atom. The topological polar surface area (TPSA) is 47.4 Å². The molecule has 1 amide bonds. The molecule has 0 saturated carbocycles. The Morgan fingerprint density at radius 3 is 2.80 bits per heavy atom. The fraction of sp³-hybridized carbons (Fsp3) is 0.440. The van der Waals surface area contributed by atoms with Crippen LogP contribution < -0.4 is 4.74 Å². The average Bonchev–Trinajstić information content (AvgIpc) is 3.33. The van der Waals surface area contributed by atoms with Gasteiger partial charge in [-0.2, -0.15) is 0 Å². The lowest BCUT2D eigenvalue weighted by Gasteiger charge is -2.24. The van der Waals surface area contributed by atoms with Crippen molar-refractivity contribution in [3.05, 3.63) is 59.4 Å². The van der Waals surface area contributed by atoms with Crippen LogP contribution in [0.25, 0.3) is 11.0 Å². The molecule has 1 aliphatic rings. The van der Waals surface area contributed by atoms with E-state index in [0.717, 1.165) is 42.0 Å². The summed E-state index contributed by atoms with van der Waals surface area (Å²) in [6, 6.07) is 14.7. The third-order valence-corrected chi connectivity index (χ3v) is 6.00. The quantitative estimate of drug-likeness (QED) is 0.564. The molecule has 0 N–H and O–H groups in total. The van der Waals surface area contributed by atoms with E-state index in [4.69, 9.17) is 9.72 Å². The summed E-state index contributed by atoms with van der Waals surface area (Å²) in [4.78, 5) is 19.0. The zero-order valence-electron chi connectivity index (χ0n) is 18.4. The molecule has 3 aromatic rings. The minimum atomic E-state index is 0.0418. The Balaban J connectivity index is 1.62. The summed E-state index contributed by atoms with van der Waals surface area (Å²) in [5.74, 6) is 2.46. The van der Waals surface area contributed by atoms with E-state index in [1.54, 1.807) is 6.92 Å². The fourth-order valence-electron chi connectivity index (χ4n) is 4.49. The number of likely N-dealkylation sites (tertiary alicyclic amines) is 1. The van der Waals surface area contributed by atoms with E-state index in [-0.39, 0.29) is 11.9 Å². The number of benzene rings is 2. The summed E-state index contributed by atoms with van der Waals surface area (Å²) in [7, 11) is 0. The standard InChI is InChI=1S/C25H31N3O2/c1-17(2)20-12-11-18(3)16-24(20)30-15-14-28-22-9-6-5-8-21(22)26-25(28)23-10-7-13-27(23)19(4)29/h5-6,8-9,11-12,16-17,23H,7,10,13-15H2,1-4H3/t23-/m0/s1. The molecule has 0 aliphatic carbocycles. The molecule has 1 saturated heterocycles. The van der Waals surface area contributed by atoms with Crippen molar-refractivity contribution in [3.63, 3.8) is 0 Å². The van der Waals surface area contributed by atoms with Crippen LogP contribution in [0, 0.1) is 6.92 Å². The molecule has 158 valence electrons. The lowest BCUT2D eigenvalue weighted by atomic mass is 10.0. The van der Waals surface area contributed by atoms with Crippen molar-refractivity contribution in [1.29, 1.82) is 0 Å². The number of rotatable bonds is 6. The molecule has 0 unspecified atom stereocenters. The van der Waals surface area contributed by atoms with Gasteiger partial charge < -0.3 is 14.2 Å². The second-order valence-corrected chi connectivity index (χ2v) is 8.53. The fourth-order valence-corrected chi connectivity index (χ4v) is 4.49. The number of ether oxygens (including phenoxy) is 1. The van der Waals surface area contributed by atoms with Gasteiger partial charge in [0, 0.05) is 13.5 Å². The maximum atomic E-state index is 12.2. The predicted molar refractivity (Wildman–Crippen MR) is 120 cm³/mol. The van der Waals surface area contributed by atoms with Crippen LogP contribution in [0.3, 0.4) is 0 Å². The molecule has 1 atom stereocenters. The number of fused-ring (bicyclic) bond motifs is 1. The summed E-state index contributed by atoms with van der Waals surface area (Å²) < 4.78 is 8.51. The molecule has 1 fully saturated rings. The third-order valence-electron chi connectivity index (χ3n) is 6.00. The van der Waals surface area contributed by atoms with Crippen molar-refractivity contribution < 1.29 is 9.53 Å². The van der Waals surface area contributed by atoms with Crippen LogP contribution in [0.2, 0.25) is 0 Å². The third kappa shape index (κ3) is 3.93. The first-order valence-electron chi connectivity index (χ1n) is 10.9. The van der Waals surface area contributed by atoms with Crippen LogP contribution in [0.1, 0.15) is 62.5 Å². The minimum Gasteiger partial charge on any atom is -0.491 e. The monoisotopic (exact) mass is 405 g/mol. The molecule has 0 spiro atoms. The normalized spacial score (nSPS) is 16.6. The van der Waals surface area contributed by atoms with E-state index in [1.165, 1.54) is 11.1 Å². The Kier molecular flexibility index (Phi) is 5.80. The molecule has 5 nitrogen and oxygen atoms in total. The van der Waals surface area contributed by atoms with Gasteiger partial charge in [0.25, 0.3) is 0 Å². The number of aromatic nitrogens is 2. The van der Waals surface area contributed by atoms with Crippen LogP contribution in [0.4, 0.5) is 0 Å². The molecule has 5 heteroatoms. The highest BCUT2D eigenvalue weighted by Gasteiger charge is 2.32. The Labute approximate surface area is 178 Å². The van der Waals surface area contributed by atoms with E-state index in [9.17, 15) is 4.79 Å². The molecular formula is C25H31N3O2. The predicted octanol–water partition coefficient (Wildman–Crippen LogP) is 5.23. The molecule has 1 aromatic heterocycles. The van der Waals surface area contributed by atoms with Gasteiger partial charge in [-0.25, -0.2) is 4.98 Å². The summed E-state index contributed by atoms with van der Waals surface area (Å²) in [5, 5.41) is 0. The van der Waals surface area contributed by atoms with Crippen LogP contribution >= 0.6 is 0 Å². The van der Waals surface area contributed by atoms with Crippen molar-refractivity contribution in [3.8, 4) is 5.75 Å². The average molecular weight is 406 g/mol. The zero-order valence-corrected chi connectivity index (χ0v) is 18.4. The van der Waals surface area contributed by atoms with Gasteiger partial charge in [-0.05, 0) is 55.0 Å². The highest BCUT2D eigenvalue weighted by Crippen LogP contribution is 2.33. The minimum absolute atomic E-state index is 0.0418. The number of hydrogen-bond acceptors (Lipinski definition) is 3. The van der Waals surface area contributed by atoms with Gasteiger partial charge >= 0.3 is 0 Å². The smallest absolute Gasteiger partial charge is 0.220 e. The van der Waals surface area contributed by atoms with E-state index in [0.29, 0.717) is 19.1 Å². The van der Waals surface area contributed by atoms with Gasteiger partial charge in [0.05, 0.1) is 23.6 Å². The number of para-hydroxylation sites is 2. The van der Waals surface area contributed by atoms with E-state index in [1.807, 2.05) is 23.1 Å². The van der Waals surface area contributed by atoms with E-state index < -0.39 is 0 Å². The number of hydrogen-bond donors (Lipinski definition) is 0. The van der Waals surface area contributed by atoms with Crippen molar-refractivity contribution in [2.75, 3.05) is 13.2 Å². The van der Waals surface area contributed by atoms with Gasteiger partial charge in [0.2, 0.25) is 5.91 Å². The van der Waals surface area contributed by atoms with Crippen LogP contribution in [0.5, 0.6) is 5.75 Å². The first-order valence-corrected chi connectivity index (χ1v) is 10.9. The van der Waals surface area contributed by atoms with Crippen LogP contribution in [-0.2, 0) is 11.3 Å². The van der Waals surface area contributed by atoms with Gasteiger partial charge in [0.1, 0.15) is 18.2 Å². The molecule has 2 heterocycles. The number of carbonyl (C=O) groups is 1. The highest BCUT2D eigenvalue weighted by molar-refractivity contribution is 5.77. The lowest BCUT2D eigenvalue weighted by molar-refractivity contribution is -0.129. The Hall–Kier alpha value is -2.82. The molecule has 2 aromatic carbocycles. The summed E-state index contributed by atoms with van der Waals surface area (Å²) >= 11 is 0. The largest absolute Gasteiger partial charge is 0.491 e. The van der Waals surface area contributed by atoms with Gasteiger partial charge in [-0.1, -0.05) is 38.1 Å². The van der Waals surface area contributed by atoms with Gasteiger partial charge in [-0.15, -0.1) is 0 Å². The Bertz CT molecular complexity index is 1050. The molecule has 0 radical (unpaired) electrons. The van der Waals surface area contributed by atoms with E-state index in [2.05, 4.69) is 49.6 Å². The maximum Gasteiger partial charge on any atom is 0.220 e. The highest BCUT2D eigenvalue weighted by atomic mass is 16.5. The number of amides is 1. The number of aryl methyl sites for hydroxylation is 1. The van der Waals surface area contributed by atoms with Gasteiger partial charge in [0.15, 0.2) is 0 Å². The second kappa shape index (κ2) is 8.50. The second-order valence-electron chi connectivity index (χ2n) is 8.53. The SMILES string of the molecule is CC(=O)N1CCC[C@H]1c1nc2ccccc2n1CCOc1cc(C)ccc1C(C)C. The van der Waals surface area contributed by atoms with Crippen molar-refractivity contribution in [2.24, 2.45) is 0 Å². The molecule has 1 aliphatic heterocycles. The lowest BCUT2D eigenvalue weighted by Crippen LogP contribution is -2.30. The van der Waals surface area contributed by atoms with Crippen LogP contribution in [-0.4, -0.2) is 33.5 Å². The van der Waals surface area contributed by atoms with E-state index >= 15 is 0 Å². The maximum absolute atomic E-state index is 12.2. The van der Waals surface area contributed by atoms with Crippen molar-refractivity contribution in [2.45, 2.75) is 59.0 Å².